The van der Waals surface area contributed by atoms with Gasteiger partial charge in [0.15, 0.2) is 0 Å². The van der Waals surface area contributed by atoms with Gasteiger partial charge in [0.2, 0.25) is 0 Å². The summed E-state index contributed by atoms with van der Waals surface area (Å²) in [6.07, 6.45) is 13.7. The molecular weight excluding hydrogens is 264 g/mol. The minimum Gasteiger partial charge on any atom is -0.0985 e. The van der Waals surface area contributed by atoms with Gasteiger partial charge in [0.05, 0.1) is 0 Å². The van der Waals surface area contributed by atoms with E-state index in [2.05, 4.69) is 81.3 Å². The largest absolute Gasteiger partial charge is 0.0985 e. The van der Waals surface area contributed by atoms with Crippen molar-refractivity contribution >= 4 is 0 Å². The quantitative estimate of drug-likeness (QED) is 0.551. The first-order chi connectivity index (χ1) is 10.6. The summed E-state index contributed by atoms with van der Waals surface area (Å²) >= 11 is 0. The first-order valence-electron chi connectivity index (χ1n) is 7.70. The predicted octanol–water partition coefficient (Wildman–Crippen LogP) is 6.15. The molecule has 2 atom stereocenters. The fourth-order valence-electron chi connectivity index (χ4n) is 2.77. The van der Waals surface area contributed by atoms with E-state index in [0.29, 0.717) is 5.92 Å². The van der Waals surface area contributed by atoms with Crippen LogP contribution in [0.5, 0.6) is 0 Å². The highest BCUT2D eigenvalue weighted by Gasteiger charge is 2.23. The summed E-state index contributed by atoms with van der Waals surface area (Å²) in [5, 5.41) is 0. The maximum atomic E-state index is 4.32. The normalized spacial score (nSPS) is 18.8. The standard InChI is InChI=1S/C22H24/c1-5-17(2)11-14-19(4)22(20-9-7-6-8-10-20)21-15-12-18(3)13-16-21/h5-15,21-22H,1-2,4,16H2,3H3. The van der Waals surface area contributed by atoms with E-state index in [-0.39, 0.29) is 5.92 Å². The Kier molecular flexibility index (Phi) is 5.55. The number of hydrogen-bond donors (Lipinski definition) is 0. The summed E-state index contributed by atoms with van der Waals surface area (Å²) in [6.45, 7) is 14.1. The van der Waals surface area contributed by atoms with Gasteiger partial charge in [-0.3, -0.25) is 0 Å². The van der Waals surface area contributed by atoms with Crippen molar-refractivity contribution in [3.05, 3.63) is 109 Å². The maximum Gasteiger partial charge on any atom is 0.0149 e. The fraction of sp³-hybridized carbons (Fsp3) is 0.182. The van der Waals surface area contributed by atoms with Crippen molar-refractivity contribution in [2.24, 2.45) is 5.92 Å². The minimum absolute atomic E-state index is 0.288. The topological polar surface area (TPSA) is 0 Å². The summed E-state index contributed by atoms with van der Waals surface area (Å²) in [4.78, 5) is 0. The molecule has 0 aliphatic heterocycles. The van der Waals surface area contributed by atoms with Crippen LogP contribution in [0.1, 0.15) is 24.8 Å². The van der Waals surface area contributed by atoms with Crippen molar-refractivity contribution < 1.29 is 0 Å². The monoisotopic (exact) mass is 288 g/mol. The van der Waals surface area contributed by atoms with Gasteiger partial charge in [-0.15, -0.1) is 0 Å². The van der Waals surface area contributed by atoms with Crippen molar-refractivity contribution in [2.75, 3.05) is 0 Å². The fourth-order valence-corrected chi connectivity index (χ4v) is 2.77. The van der Waals surface area contributed by atoms with E-state index in [1.165, 1.54) is 11.1 Å². The van der Waals surface area contributed by atoms with Crippen LogP contribution in [-0.4, -0.2) is 0 Å². The molecule has 0 nitrogen and oxygen atoms in total. The molecule has 0 amide bonds. The highest BCUT2D eigenvalue weighted by Crippen LogP contribution is 2.37. The minimum atomic E-state index is 0.288. The lowest BCUT2D eigenvalue weighted by Gasteiger charge is -2.27. The van der Waals surface area contributed by atoms with Crippen LogP contribution < -0.4 is 0 Å². The molecule has 0 aromatic heterocycles. The van der Waals surface area contributed by atoms with Crippen LogP contribution in [-0.2, 0) is 0 Å². The van der Waals surface area contributed by atoms with Crippen LogP contribution in [0.2, 0.25) is 0 Å². The molecule has 0 radical (unpaired) electrons. The van der Waals surface area contributed by atoms with Gasteiger partial charge in [-0.2, -0.15) is 0 Å². The first kappa shape index (κ1) is 16.0. The van der Waals surface area contributed by atoms with Crippen molar-refractivity contribution in [1.29, 1.82) is 0 Å². The average molecular weight is 288 g/mol. The van der Waals surface area contributed by atoms with E-state index in [4.69, 9.17) is 0 Å². The lowest BCUT2D eigenvalue weighted by atomic mass is 9.77. The van der Waals surface area contributed by atoms with Crippen molar-refractivity contribution in [1.82, 2.24) is 0 Å². The molecule has 0 heterocycles. The van der Waals surface area contributed by atoms with Gasteiger partial charge in [-0.05, 0) is 36.0 Å². The first-order valence-corrected chi connectivity index (χ1v) is 7.70. The van der Waals surface area contributed by atoms with Gasteiger partial charge < -0.3 is 0 Å². The highest BCUT2D eigenvalue weighted by atomic mass is 14.3. The zero-order valence-corrected chi connectivity index (χ0v) is 13.3. The molecular formula is C22H24. The summed E-state index contributed by atoms with van der Waals surface area (Å²) in [6, 6.07) is 10.6. The van der Waals surface area contributed by atoms with Crippen molar-refractivity contribution in [3.8, 4) is 0 Å². The Morgan fingerprint density at radius 3 is 2.50 bits per heavy atom. The van der Waals surface area contributed by atoms with Crippen LogP contribution in [0.3, 0.4) is 0 Å². The Morgan fingerprint density at radius 2 is 1.91 bits per heavy atom. The van der Waals surface area contributed by atoms with Crippen LogP contribution in [0, 0.1) is 5.92 Å². The van der Waals surface area contributed by atoms with E-state index >= 15 is 0 Å². The highest BCUT2D eigenvalue weighted by molar-refractivity contribution is 5.40. The molecule has 0 heteroatoms. The second-order valence-corrected chi connectivity index (χ2v) is 5.78. The lowest BCUT2D eigenvalue weighted by Crippen LogP contribution is -2.13. The summed E-state index contributed by atoms with van der Waals surface area (Å²) in [5.41, 5.74) is 4.66. The van der Waals surface area contributed by atoms with Gasteiger partial charge in [-0.1, -0.05) is 92.1 Å². The van der Waals surface area contributed by atoms with Crippen LogP contribution in [0.15, 0.2) is 103 Å². The molecule has 112 valence electrons. The number of rotatable bonds is 6. The Balaban J connectivity index is 2.28. The maximum absolute atomic E-state index is 4.32. The van der Waals surface area contributed by atoms with Gasteiger partial charge >= 0.3 is 0 Å². The number of benzene rings is 1. The second-order valence-electron chi connectivity index (χ2n) is 5.78. The zero-order valence-electron chi connectivity index (χ0n) is 13.3. The molecule has 2 unspecified atom stereocenters. The number of allylic oxidation sites excluding steroid dienone is 9. The molecule has 0 bridgehead atoms. The van der Waals surface area contributed by atoms with Gasteiger partial charge in [0, 0.05) is 5.92 Å². The molecule has 0 saturated heterocycles. The molecule has 22 heavy (non-hydrogen) atoms. The summed E-state index contributed by atoms with van der Waals surface area (Å²) in [5.74, 6) is 0.732. The molecule has 1 aromatic rings. The van der Waals surface area contributed by atoms with Crippen molar-refractivity contribution in [2.45, 2.75) is 19.3 Å². The third-order valence-corrected chi connectivity index (χ3v) is 4.08. The van der Waals surface area contributed by atoms with E-state index in [0.717, 1.165) is 17.6 Å². The van der Waals surface area contributed by atoms with Crippen LogP contribution in [0.4, 0.5) is 0 Å². The Morgan fingerprint density at radius 1 is 1.18 bits per heavy atom. The third kappa shape index (κ3) is 4.08. The Labute approximate surface area is 134 Å². The molecule has 0 saturated carbocycles. The Hall–Kier alpha value is -2.34. The molecule has 1 aliphatic rings. The van der Waals surface area contributed by atoms with Crippen LogP contribution >= 0.6 is 0 Å². The van der Waals surface area contributed by atoms with E-state index in [1.807, 2.05) is 6.08 Å². The smallest absolute Gasteiger partial charge is 0.0149 e. The van der Waals surface area contributed by atoms with Gasteiger partial charge in [0.25, 0.3) is 0 Å². The van der Waals surface area contributed by atoms with Gasteiger partial charge in [0.1, 0.15) is 0 Å². The summed E-state index contributed by atoms with van der Waals surface area (Å²) < 4.78 is 0. The zero-order chi connectivity index (χ0) is 15.9. The molecule has 1 aromatic carbocycles. The van der Waals surface area contributed by atoms with E-state index in [9.17, 15) is 0 Å². The van der Waals surface area contributed by atoms with Crippen LogP contribution in [0.25, 0.3) is 0 Å². The second kappa shape index (κ2) is 7.61. The van der Waals surface area contributed by atoms with Gasteiger partial charge in [-0.25, -0.2) is 0 Å². The molecule has 0 N–H and O–H groups in total. The summed E-state index contributed by atoms with van der Waals surface area (Å²) in [7, 11) is 0. The lowest BCUT2D eigenvalue weighted by molar-refractivity contribution is 0.570. The average Bonchev–Trinajstić information content (AvgIpc) is 2.55. The third-order valence-electron chi connectivity index (χ3n) is 4.08. The van der Waals surface area contributed by atoms with Crippen molar-refractivity contribution in [3.63, 3.8) is 0 Å². The Bertz CT molecular complexity index is 638. The molecule has 0 fully saturated rings. The van der Waals surface area contributed by atoms with E-state index < -0.39 is 0 Å². The SMILES string of the molecule is C=CC(=C)C=CC(=C)C(c1ccccc1)C1C=CC(C)=CC1. The van der Waals surface area contributed by atoms with E-state index in [1.54, 1.807) is 6.08 Å². The molecule has 1 aliphatic carbocycles. The number of hydrogen-bond acceptors (Lipinski definition) is 0. The predicted molar refractivity (Wildman–Crippen MR) is 97.8 cm³/mol. The molecule has 0 spiro atoms. The molecule has 2 rings (SSSR count).